The molecule has 0 fully saturated rings. The van der Waals surface area contributed by atoms with Crippen molar-refractivity contribution in [1.82, 2.24) is 19.9 Å². The first kappa shape index (κ1) is 15.6. The molecule has 5 rings (SSSR count). The topological polar surface area (TPSA) is 57.4 Å². The third-order valence-electron chi connectivity index (χ3n) is 4.04. The Morgan fingerprint density at radius 3 is 1.04 bits per heavy atom. The summed E-state index contributed by atoms with van der Waals surface area (Å²) in [4.78, 5) is 16.0. The smallest absolute Gasteiger partial charge is 0.355 e. The molecule has 4 nitrogen and oxygen atoms in total. The van der Waals surface area contributed by atoms with E-state index in [1.807, 2.05) is 48.6 Å². The largest absolute Gasteiger partial charge is 3.00 e. The van der Waals surface area contributed by atoms with Crippen LogP contribution in [0.1, 0.15) is 22.8 Å². The van der Waals surface area contributed by atoms with Gasteiger partial charge >= 0.3 is 17.1 Å². The fourth-order valence-electron chi connectivity index (χ4n) is 2.94. The van der Waals surface area contributed by atoms with Gasteiger partial charge in [0.1, 0.15) is 0 Å². The summed E-state index contributed by atoms with van der Waals surface area (Å²) in [5, 5.41) is 0. The zero-order valence-corrected chi connectivity index (χ0v) is 14.4. The average Bonchev–Trinajstić information content (AvgIpc) is 3.32. The summed E-state index contributed by atoms with van der Waals surface area (Å²) >= 11 is 0. The molecular weight excluding hydrogens is 351 g/mol. The van der Waals surface area contributed by atoms with Gasteiger partial charge in [-0.1, -0.05) is 0 Å². The SMILES string of the molecule is C1=Cc2cc3ccc(cc4nc(cc5ccc(cc1n2)[nH]5)C=C4)[nH]3.[Mn+3]. The number of hydrogen-bond donors (Lipinski definition) is 2. The normalized spacial score (nSPS) is 12.2. The molecule has 3 aromatic heterocycles. The van der Waals surface area contributed by atoms with Crippen molar-refractivity contribution < 1.29 is 17.1 Å². The molecule has 2 N–H and O–H groups in total. The number of aromatic nitrogens is 4. The number of aromatic amines is 2. The second kappa shape index (κ2) is 6.20. The van der Waals surface area contributed by atoms with Crippen LogP contribution in [0.4, 0.5) is 0 Å². The first-order valence-corrected chi connectivity index (χ1v) is 7.85. The molecule has 2 aliphatic rings. The van der Waals surface area contributed by atoms with Gasteiger partial charge in [0.2, 0.25) is 0 Å². The Morgan fingerprint density at radius 2 is 0.760 bits per heavy atom. The third-order valence-corrected chi connectivity index (χ3v) is 4.04. The van der Waals surface area contributed by atoms with E-state index in [0.717, 1.165) is 44.8 Å². The Labute approximate surface area is 154 Å². The van der Waals surface area contributed by atoms with Gasteiger partial charge in [0, 0.05) is 22.1 Å². The minimum absolute atomic E-state index is 0. The summed E-state index contributed by atoms with van der Waals surface area (Å²) in [5.74, 6) is 0. The molecule has 0 unspecified atom stereocenters. The molecule has 0 radical (unpaired) electrons. The maximum absolute atomic E-state index is 4.63. The van der Waals surface area contributed by atoms with E-state index in [2.05, 4.69) is 44.2 Å². The van der Waals surface area contributed by atoms with Gasteiger partial charge in [0.05, 0.1) is 22.8 Å². The van der Waals surface area contributed by atoms with Gasteiger partial charge in [-0.25, -0.2) is 9.97 Å². The van der Waals surface area contributed by atoms with E-state index >= 15 is 0 Å². The monoisotopic (exact) mass is 365 g/mol. The maximum atomic E-state index is 4.63. The molecule has 25 heavy (non-hydrogen) atoms. The summed E-state index contributed by atoms with van der Waals surface area (Å²) in [6.07, 6.45) is 8.09. The first-order chi connectivity index (χ1) is 11.8. The fourth-order valence-corrected chi connectivity index (χ4v) is 2.94. The maximum Gasteiger partial charge on any atom is 3.00 e. The van der Waals surface area contributed by atoms with Crippen molar-refractivity contribution in [3.05, 3.63) is 71.3 Å². The van der Waals surface area contributed by atoms with Gasteiger partial charge in [-0.05, 0) is 72.8 Å². The van der Waals surface area contributed by atoms with Crippen LogP contribution in [0.2, 0.25) is 0 Å². The molecule has 0 atom stereocenters. The second-order valence-electron chi connectivity index (χ2n) is 5.91. The molecular formula is C20H14MnN4+3. The molecule has 2 aliphatic heterocycles. The quantitative estimate of drug-likeness (QED) is 0.393. The van der Waals surface area contributed by atoms with Crippen LogP contribution in [0.25, 0.3) is 46.4 Å². The molecule has 0 aliphatic carbocycles. The Bertz CT molecular complexity index is 990. The first-order valence-electron chi connectivity index (χ1n) is 7.85. The van der Waals surface area contributed by atoms with Crippen LogP contribution in [-0.4, -0.2) is 19.9 Å². The van der Waals surface area contributed by atoms with Crippen LogP contribution in [0, 0.1) is 0 Å². The fraction of sp³-hybridized carbons (Fsp3) is 0. The average molecular weight is 365 g/mol. The van der Waals surface area contributed by atoms with Gasteiger partial charge in [-0.2, -0.15) is 0 Å². The Morgan fingerprint density at radius 1 is 0.480 bits per heavy atom. The minimum atomic E-state index is 0. The third kappa shape index (κ3) is 3.20. The van der Waals surface area contributed by atoms with E-state index in [-0.39, 0.29) is 17.1 Å². The van der Waals surface area contributed by atoms with Crippen LogP contribution in [0.15, 0.2) is 48.5 Å². The van der Waals surface area contributed by atoms with Crippen LogP contribution < -0.4 is 0 Å². The van der Waals surface area contributed by atoms with Crippen LogP contribution in [0.5, 0.6) is 0 Å². The standard InChI is InChI=1S/C20H14N4.Mn/c1-2-14-10-16-5-6-18(23-16)12-20-8-7-19(24-20)11-17-4-3-15(22-17)9-13(1)21-14;/h1-12,21,24H;/q;+3. The summed E-state index contributed by atoms with van der Waals surface area (Å²) in [6, 6.07) is 16.4. The van der Waals surface area contributed by atoms with E-state index in [4.69, 9.17) is 0 Å². The van der Waals surface area contributed by atoms with E-state index in [9.17, 15) is 0 Å². The molecule has 8 bridgehead atoms. The molecule has 0 spiro atoms. The van der Waals surface area contributed by atoms with Crippen molar-refractivity contribution in [1.29, 1.82) is 0 Å². The predicted molar refractivity (Wildman–Crippen MR) is 98.9 cm³/mol. The van der Waals surface area contributed by atoms with Gasteiger partial charge in [-0.15, -0.1) is 0 Å². The Kier molecular flexibility index (Phi) is 3.88. The van der Waals surface area contributed by atoms with E-state index in [1.165, 1.54) is 0 Å². The molecule has 0 amide bonds. The van der Waals surface area contributed by atoms with E-state index in [0.29, 0.717) is 0 Å². The Hall–Kier alpha value is -2.88. The molecule has 3 aromatic rings. The number of fused-ring (bicyclic) bond motifs is 8. The molecule has 0 saturated heterocycles. The van der Waals surface area contributed by atoms with Gasteiger partial charge in [-0.3, -0.25) is 0 Å². The van der Waals surface area contributed by atoms with Crippen molar-refractivity contribution in [3.63, 3.8) is 0 Å². The number of hydrogen-bond acceptors (Lipinski definition) is 2. The van der Waals surface area contributed by atoms with Gasteiger partial charge in [0.25, 0.3) is 0 Å². The molecule has 5 heteroatoms. The number of nitrogens with one attached hydrogen (secondary N) is 2. The predicted octanol–water partition coefficient (Wildman–Crippen LogP) is 4.65. The van der Waals surface area contributed by atoms with Crippen molar-refractivity contribution in [2.24, 2.45) is 0 Å². The summed E-state index contributed by atoms with van der Waals surface area (Å²) in [7, 11) is 0. The zero-order chi connectivity index (χ0) is 15.9. The van der Waals surface area contributed by atoms with Crippen LogP contribution in [-0.2, 0) is 17.1 Å². The van der Waals surface area contributed by atoms with Crippen molar-refractivity contribution in [2.45, 2.75) is 0 Å². The van der Waals surface area contributed by atoms with E-state index in [1.54, 1.807) is 0 Å². The zero-order valence-electron chi connectivity index (χ0n) is 13.2. The van der Waals surface area contributed by atoms with Gasteiger partial charge in [0.15, 0.2) is 0 Å². The molecule has 0 aromatic carbocycles. The van der Waals surface area contributed by atoms with E-state index < -0.39 is 0 Å². The number of nitrogens with zero attached hydrogens (tertiary/aromatic N) is 2. The van der Waals surface area contributed by atoms with Crippen molar-refractivity contribution >= 4 is 46.4 Å². The summed E-state index contributed by atoms with van der Waals surface area (Å²) < 4.78 is 0. The van der Waals surface area contributed by atoms with Crippen LogP contribution in [0.3, 0.4) is 0 Å². The van der Waals surface area contributed by atoms with Crippen LogP contribution >= 0.6 is 0 Å². The number of H-pyrrole nitrogens is 2. The van der Waals surface area contributed by atoms with Crippen molar-refractivity contribution in [3.8, 4) is 0 Å². The Balaban J connectivity index is 0.00000157. The number of rotatable bonds is 0. The minimum Gasteiger partial charge on any atom is -0.355 e. The summed E-state index contributed by atoms with van der Waals surface area (Å²) in [6.45, 7) is 0. The molecule has 5 heterocycles. The summed E-state index contributed by atoms with van der Waals surface area (Å²) in [5.41, 5.74) is 7.86. The molecule has 118 valence electrons. The van der Waals surface area contributed by atoms with Gasteiger partial charge < -0.3 is 9.97 Å². The van der Waals surface area contributed by atoms with Crippen molar-refractivity contribution in [2.75, 3.05) is 0 Å². The second-order valence-corrected chi connectivity index (χ2v) is 5.91. The molecule has 0 saturated carbocycles.